The fourth-order valence-corrected chi connectivity index (χ4v) is 2.69. The van der Waals surface area contributed by atoms with Crippen LogP contribution < -0.4 is 10.2 Å². The van der Waals surface area contributed by atoms with Gasteiger partial charge in [0.2, 0.25) is 5.91 Å². The number of alkyl halides is 1. The molecule has 0 atom stereocenters. The van der Waals surface area contributed by atoms with E-state index < -0.39 is 5.67 Å². The van der Waals surface area contributed by atoms with Gasteiger partial charge in [-0.2, -0.15) is 5.26 Å². The average Bonchev–Trinajstić information content (AvgIpc) is 3.39. The third-order valence-corrected chi connectivity index (χ3v) is 4.39. The Morgan fingerprint density at radius 2 is 2.18 bits per heavy atom. The van der Waals surface area contributed by atoms with E-state index >= 15 is 0 Å². The number of anilines is 1. The van der Waals surface area contributed by atoms with Crippen LogP contribution in [0.25, 0.3) is 0 Å². The van der Waals surface area contributed by atoms with Crippen molar-refractivity contribution in [3.63, 3.8) is 0 Å². The van der Waals surface area contributed by atoms with Crippen molar-refractivity contribution < 1.29 is 9.18 Å². The summed E-state index contributed by atoms with van der Waals surface area (Å²) in [5.41, 5.74) is -0.809. The number of aromatic nitrogens is 1. The Morgan fingerprint density at radius 3 is 2.73 bits per heavy atom. The van der Waals surface area contributed by atoms with Crippen LogP contribution >= 0.6 is 0 Å². The average molecular weight is 302 g/mol. The number of pyridine rings is 1. The predicted octanol–water partition coefficient (Wildman–Crippen LogP) is 1.79. The van der Waals surface area contributed by atoms with Gasteiger partial charge in [-0.15, -0.1) is 0 Å². The number of amides is 1. The van der Waals surface area contributed by atoms with Crippen LogP contribution in [0, 0.1) is 17.2 Å². The van der Waals surface area contributed by atoms with Crippen LogP contribution in [0.4, 0.5) is 10.2 Å². The van der Waals surface area contributed by atoms with Crippen LogP contribution in [0.1, 0.15) is 31.2 Å². The van der Waals surface area contributed by atoms with Gasteiger partial charge in [0.1, 0.15) is 17.6 Å². The molecule has 22 heavy (non-hydrogen) atoms. The second-order valence-corrected chi connectivity index (χ2v) is 6.15. The van der Waals surface area contributed by atoms with Crippen molar-refractivity contribution in [2.75, 3.05) is 24.5 Å². The van der Waals surface area contributed by atoms with Crippen LogP contribution in [0.5, 0.6) is 0 Å². The molecule has 1 aliphatic heterocycles. The van der Waals surface area contributed by atoms with Gasteiger partial charge < -0.3 is 10.2 Å². The van der Waals surface area contributed by atoms with Gasteiger partial charge >= 0.3 is 0 Å². The maximum Gasteiger partial charge on any atom is 0.223 e. The van der Waals surface area contributed by atoms with E-state index in [9.17, 15) is 9.18 Å². The van der Waals surface area contributed by atoms with Gasteiger partial charge in [0, 0.05) is 38.0 Å². The summed E-state index contributed by atoms with van der Waals surface area (Å²) in [5.74, 6) is 0.878. The van der Waals surface area contributed by atoms with Crippen molar-refractivity contribution in [1.29, 1.82) is 5.26 Å². The van der Waals surface area contributed by atoms with E-state index in [1.165, 1.54) is 6.20 Å². The first-order valence-corrected chi connectivity index (χ1v) is 7.67. The molecule has 0 radical (unpaired) electrons. The molecule has 1 aromatic rings. The van der Waals surface area contributed by atoms with Gasteiger partial charge in [-0.1, -0.05) is 0 Å². The van der Waals surface area contributed by atoms with Crippen molar-refractivity contribution in [1.82, 2.24) is 10.3 Å². The van der Waals surface area contributed by atoms with E-state index in [1.807, 2.05) is 11.0 Å². The predicted molar refractivity (Wildman–Crippen MR) is 80.0 cm³/mol. The largest absolute Gasteiger partial charge is 0.356 e. The minimum Gasteiger partial charge on any atom is -0.356 e. The zero-order chi connectivity index (χ0) is 15.6. The van der Waals surface area contributed by atoms with Gasteiger partial charge in [0.25, 0.3) is 0 Å². The van der Waals surface area contributed by atoms with E-state index in [2.05, 4.69) is 10.3 Å². The van der Waals surface area contributed by atoms with E-state index in [4.69, 9.17) is 5.26 Å². The maximum absolute atomic E-state index is 14.7. The van der Waals surface area contributed by atoms with Crippen LogP contribution in [0.3, 0.4) is 0 Å². The quantitative estimate of drug-likeness (QED) is 0.920. The van der Waals surface area contributed by atoms with Crippen LogP contribution in [-0.2, 0) is 4.79 Å². The molecule has 0 unspecified atom stereocenters. The highest BCUT2D eigenvalue weighted by atomic mass is 19.1. The molecule has 1 saturated carbocycles. The lowest BCUT2D eigenvalue weighted by molar-refractivity contribution is -0.123. The SMILES string of the molecule is N#Cc1ccc(N2CCC(F)(CNC(=O)C3CC3)CC2)nc1. The van der Waals surface area contributed by atoms with E-state index in [-0.39, 0.29) is 18.4 Å². The first-order chi connectivity index (χ1) is 10.6. The van der Waals surface area contributed by atoms with Gasteiger partial charge in [-0.25, -0.2) is 9.37 Å². The second kappa shape index (κ2) is 5.91. The van der Waals surface area contributed by atoms with Crippen LogP contribution in [0.2, 0.25) is 0 Å². The normalized spacial score (nSPS) is 20.3. The molecule has 2 heterocycles. The number of carbonyl (C=O) groups excluding carboxylic acids is 1. The highest BCUT2D eigenvalue weighted by molar-refractivity contribution is 5.80. The summed E-state index contributed by atoms with van der Waals surface area (Å²) in [6.45, 7) is 1.24. The molecule has 2 aliphatic rings. The first-order valence-electron chi connectivity index (χ1n) is 7.67. The molecule has 0 aromatic carbocycles. The fraction of sp³-hybridized carbons (Fsp3) is 0.562. The van der Waals surface area contributed by atoms with E-state index in [1.54, 1.807) is 12.1 Å². The van der Waals surface area contributed by atoms with Gasteiger partial charge in [-0.05, 0) is 25.0 Å². The molecule has 1 aromatic heterocycles. The number of nitriles is 1. The molecule has 2 fully saturated rings. The van der Waals surface area contributed by atoms with Gasteiger partial charge in [0.15, 0.2) is 0 Å². The Hall–Kier alpha value is -2.16. The molecule has 0 spiro atoms. The molecule has 1 aliphatic carbocycles. The Labute approximate surface area is 129 Å². The summed E-state index contributed by atoms with van der Waals surface area (Å²) in [4.78, 5) is 17.9. The Balaban J connectivity index is 1.52. The number of hydrogen-bond acceptors (Lipinski definition) is 4. The lowest BCUT2D eigenvalue weighted by Crippen LogP contribution is -2.48. The smallest absolute Gasteiger partial charge is 0.223 e. The van der Waals surface area contributed by atoms with Crippen LogP contribution in [-0.4, -0.2) is 36.2 Å². The minimum absolute atomic E-state index is 0.00628. The lowest BCUT2D eigenvalue weighted by Gasteiger charge is -2.37. The third-order valence-electron chi connectivity index (χ3n) is 4.39. The zero-order valence-corrected chi connectivity index (χ0v) is 12.4. The number of carbonyl (C=O) groups is 1. The number of hydrogen-bond donors (Lipinski definition) is 1. The standard InChI is InChI=1S/C16H19FN4O/c17-16(11-20-15(22)13-2-3-13)5-7-21(8-6-16)14-4-1-12(9-18)10-19-14/h1,4,10,13H,2-3,5-8,11H2,(H,20,22). The monoisotopic (exact) mass is 302 g/mol. The van der Waals surface area contributed by atoms with Crippen molar-refractivity contribution in [2.24, 2.45) is 5.92 Å². The molecule has 1 saturated heterocycles. The Morgan fingerprint density at radius 1 is 1.45 bits per heavy atom. The number of nitrogens with zero attached hydrogens (tertiary/aromatic N) is 3. The lowest BCUT2D eigenvalue weighted by atomic mass is 9.93. The molecule has 3 rings (SSSR count). The number of nitrogens with one attached hydrogen (secondary N) is 1. The van der Waals surface area contributed by atoms with Crippen molar-refractivity contribution >= 4 is 11.7 Å². The molecule has 1 amide bonds. The van der Waals surface area contributed by atoms with Gasteiger partial charge in [0.05, 0.1) is 12.1 Å². The summed E-state index contributed by atoms with van der Waals surface area (Å²) < 4.78 is 14.7. The molecule has 1 N–H and O–H groups in total. The van der Waals surface area contributed by atoms with Crippen molar-refractivity contribution in [3.8, 4) is 6.07 Å². The highest BCUT2D eigenvalue weighted by Gasteiger charge is 2.37. The minimum atomic E-state index is -1.33. The fourth-order valence-electron chi connectivity index (χ4n) is 2.69. The summed E-state index contributed by atoms with van der Waals surface area (Å²) in [6.07, 6.45) is 4.15. The summed E-state index contributed by atoms with van der Waals surface area (Å²) >= 11 is 0. The first kappa shape index (κ1) is 14.8. The molecule has 5 nitrogen and oxygen atoms in total. The second-order valence-electron chi connectivity index (χ2n) is 6.15. The molecular formula is C16H19FN4O. The van der Waals surface area contributed by atoms with Crippen LogP contribution in [0.15, 0.2) is 18.3 Å². The molecule has 116 valence electrons. The summed E-state index contributed by atoms with van der Waals surface area (Å²) in [5, 5.41) is 11.5. The summed E-state index contributed by atoms with van der Waals surface area (Å²) in [6, 6.07) is 5.54. The van der Waals surface area contributed by atoms with E-state index in [0.717, 1.165) is 18.7 Å². The van der Waals surface area contributed by atoms with Crippen molar-refractivity contribution in [3.05, 3.63) is 23.9 Å². The molecular weight excluding hydrogens is 283 g/mol. The summed E-state index contributed by atoms with van der Waals surface area (Å²) in [7, 11) is 0. The number of halogens is 1. The van der Waals surface area contributed by atoms with Gasteiger partial charge in [-0.3, -0.25) is 4.79 Å². The molecule has 0 bridgehead atoms. The zero-order valence-electron chi connectivity index (χ0n) is 12.4. The highest BCUT2D eigenvalue weighted by Crippen LogP contribution is 2.31. The maximum atomic E-state index is 14.7. The number of rotatable bonds is 4. The molecule has 6 heteroatoms. The van der Waals surface area contributed by atoms with Crippen molar-refractivity contribution in [2.45, 2.75) is 31.4 Å². The Bertz CT molecular complexity index is 583. The third kappa shape index (κ3) is 3.35. The number of piperidine rings is 1. The van der Waals surface area contributed by atoms with E-state index in [0.29, 0.717) is 31.5 Å². The topological polar surface area (TPSA) is 69.0 Å². The Kier molecular flexibility index (Phi) is 3.97.